The number of alkyl halides is 1. The van der Waals surface area contributed by atoms with Gasteiger partial charge in [0.15, 0.2) is 0 Å². The highest BCUT2D eigenvalue weighted by Gasteiger charge is 1.82. The molecule has 0 aromatic heterocycles. The first-order chi connectivity index (χ1) is 2.27. The summed E-state index contributed by atoms with van der Waals surface area (Å²) in [6.07, 6.45) is 0. The molecule has 0 rings (SSSR count). The van der Waals surface area contributed by atoms with Crippen LogP contribution in [-0.2, 0) is 0 Å². The second-order valence-electron chi connectivity index (χ2n) is 0.745. The third-order valence-electron chi connectivity index (χ3n) is 0.178. The molecule has 2 heteroatoms. The SMILES string of the molecule is C[C@@H](Cl)C#N. The zero-order chi connectivity index (χ0) is 4.28. The van der Waals surface area contributed by atoms with Crippen molar-refractivity contribution in [1.82, 2.24) is 0 Å². The lowest BCUT2D eigenvalue weighted by Crippen LogP contribution is -1.77. The molecule has 0 N–H and O–H groups in total. The second-order valence-corrected chi connectivity index (χ2v) is 1.40. The Labute approximate surface area is 36.2 Å². The van der Waals surface area contributed by atoms with Crippen LogP contribution >= 0.6 is 11.6 Å². The van der Waals surface area contributed by atoms with Gasteiger partial charge in [-0.15, -0.1) is 11.6 Å². The topological polar surface area (TPSA) is 23.8 Å². The largest absolute Gasteiger partial charge is 0.197 e. The van der Waals surface area contributed by atoms with Gasteiger partial charge in [-0.1, -0.05) is 0 Å². The van der Waals surface area contributed by atoms with Gasteiger partial charge in [0.05, 0.1) is 6.07 Å². The van der Waals surface area contributed by atoms with Crippen LogP contribution in [0.5, 0.6) is 0 Å². The molecule has 0 spiro atoms. The predicted octanol–water partition coefficient (Wildman–Crippen LogP) is 1.14. The summed E-state index contributed by atoms with van der Waals surface area (Å²) < 4.78 is 0. The molecule has 0 aliphatic heterocycles. The van der Waals surface area contributed by atoms with Crippen molar-refractivity contribution in [3.63, 3.8) is 0 Å². The lowest BCUT2D eigenvalue weighted by Gasteiger charge is -1.72. The smallest absolute Gasteiger partial charge is 0.117 e. The molecule has 0 radical (unpaired) electrons. The minimum atomic E-state index is -0.338. The van der Waals surface area contributed by atoms with E-state index in [4.69, 9.17) is 16.9 Å². The van der Waals surface area contributed by atoms with E-state index in [1.807, 2.05) is 0 Å². The van der Waals surface area contributed by atoms with Crippen LogP contribution < -0.4 is 0 Å². The van der Waals surface area contributed by atoms with Crippen LogP contribution in [0.2, 0.25) is 0 Å². The van der Waals surface area contributed by atoms with Gasteiger partial charge in [-0.2, -0.15) is 5.26 Å². The summed E-state index contributed by atoms with van der Waals surface area (Å²) in [6.45, 7) is 1.63. The first-order valence-electron chi connectivity index (χ1n) is 1.31. The first-order valence-corrected chi connectivity index (χ1v) is 1.74. The molecule has 0 amide bonds. The summed E-state index contributed by atoms with van der Waals surface area (Å²) in [7, 11) is 0. The molecule has 0 saturated heterocycles. The van der Waals surface area contributed by atoms with Gasteiger partial charge in [0.25, 0.3) is 0 Å². The Balaban J connectivity index is 2.94. The quantitative estimate of drug-likeness (QED) is 0.408. The average Bonchev–Trinajstić information content (AvgIpc) is 1.38. The third kappa shape index (κ3) is 3.78. The molecular formula is C3H4ClN. The average molecular weight is 89.5 g/mol. The van der Waals surface area contributed by atoms with Gasteiger partial charge in [0, 0.05) is 0 Å². The van der Waals surface area contributed by atoms with E-state index in [1.165, 1.54) is 0 Å². The van der Waals surface area contributed by atoms with Gasteiger partial charge in [0.1, 0.15) is 5.38 Å². The fourth-order valence-electron chi connectivity index (χ4n) is 0. The van der Waals surface area contributed by atoms with Gasteiger partial charge in [-0.25, -0.2) is 0 Å². The lowest BCUT2D eigenvalue weighted by molar-refractivity contribution is 1.23. The number of nitrogens with zero attached hydrogens (tertiary/aromatic N) is 1. The van der Waals surface area contributed by atoms with Crippen molar-refractivity contribution in [2.45, 2.75) is 12.3 Å². The Morgan fingerprint density at radius 2 is 2.20 bits per heavy atom. The maximum absolute atomic E-state index is 7.76. The molecule has 0 aromatic rings. The second kappa shape index (κ2) is 2.04. The lowest BCUT2D eigenvalue weighted by atomic mass is 10.6. The maximum Gasteiger partial charge on any atom is 0.117 e. The summed E-state index contributed by atoms with van der Waals surface area (Å²) in [6, 6.07) is 1.79. The van der Waals surface area contributed by atoms with Gasteiger partial charge >= 0.3 is 0 Å². The van der Waals surface area contributed by atoms with Gasteiger partial charge < -0.3 is 0 Å². The highest BCUT2D eigenvalue weighted by molar-refractivity contribution is 6.21. The predicted molar refractivity (Wildman–Crippen MR) is 20.9 cm³/mol. The number of nitriles is 1. The summed E-state index contributed by atoms with van der Waals surface area (Å²) in [5, 5.41) is 7.42. The molecular weight excluding hydrogens is 85.5 g/mol. The molecule has 0 aliphatic rings. The van der Waals surface area contributed by atoms with Crippen LogP contribution in [0.3, 0.4) is 0 Å². The number of rotatable bonds is 0. The number of halogens is 1. The molecule has 0 saturated carbocycles. The summed E-state index contributed by atoms with van der Waals surface area (Å²) in [5.41, 5.74) is 0. The Kier molecular flexibility index (Phi) is 1.95. The van der Waals surface area contributed by atoms with E-state index >= 15 is 0 Å². The third-order valence-corrected chi connectivity index (χ3v) is 0.275. The summed E-state index contributed by atoms with van der Waals surface area (Å²) in [5.74, 6) is 0. The van der Waals surface area contributed by atoms with Crippen LogP contribution in [0.4, 0.5) is 0 Å². The highest BCUT2D eigenvalue weighted by Crippen LogP contribution is 1.85. The number of hydrogen-bond donors (Lipinski definition) is 0. The van der Waals surface area contributed by atoms with E-state index in [0.717, 1.165) is 0 Å². The Morgan fingerprint density at radius 1 is 2.00 bits per heavy atom. The van der Waals surface area contributed by atoms with Crippen molar-refractivity contribution in [3.8, 4) is 6.07 Å². The fourth-order valence-corrected chi connectivity index (χ4v) is 0. The van der Waals surface area contributed by atoms with E-state index in [2.05, 4.69) is 0 Å². The first kappa shape index (κ1) is 4.78. The molecule has 0 aliphatic carbocycles. The molecule has 0 unspecified atom stereocenters. The fraction of sp³-hybridized carbons (Fsp3) is 0.667. The normalized spacial score (nSPS) is 13.0. The maximum atomic E-state index is 7.76. The van der Waals surface area contributed by atoms with Crippen molar-refractivity contribution >= 4 is 11.6 Å². The van der Waals surface area contributed by atoms with Crippen LogP contribution in [-0.4, -0.2) is 5.38 Å². The van der Waals surface area contributed by atoms with E-state index in [-0.39, 0.29) is 5.38 Å². The summed E-state index contributed by atoms with van der Waals surface area (Å²) >= 11 is 5.10. The molecule has 28 valence electrons. The van der Waals surface area contributed by atoms with E-state index < -0.39 is 0 Å². The van der Waals surface area contributed by atoms with E-state index in [9.17, 15) is 0 Å². The minimum absolute atomic E-state index is 0.338. The molecule has 0 heterocycles. The van der Waals surface area contributed by atoms with Crippen LogP contribution in [0.15, 0.2) is 0 Å². The Bertz CT molecular complexity index is 52.4. The zero-order valence-electron chi connectivity index (χ0n) is 2.90. The molecule has 0 bridgehead atoms. The monoisotopic (exact) mass is 89.0 g/mol. The number of hydrogen-bond acceptors (Lipinski definition) is 1. The van der Waals surface area contributed by atoms with E-state index in [1.54, 1.807) is 13.0 Å². The van der Waals surface area contributed by atoms with Crippen LogP contribution in [0, 0.1) is 11.3 Å². The van der Waals surface area contributed by atoms with Crippen molar-refractivity contribution in [2.24, 2.45) is 0 Å². The van der Waals surface area contributed by atoms with Crippen molar-refractivity contribution in [3.05, 3.63) is 0 Å². The van der Waals surface area contributed by atoms with Gasteiger partial charge in [-0.05, 0) is 6.92 Å². The Morgan fingerprint density at radius 3 is 2.20 bits per heavy atom. The van der Waals surface area contributed by atoms with Crippen molar-refractivity contribution in [2.75, 3.05) is 0 Å². The van der Waals surface area contributed by atoms with E-state index in [0.29, 0.717) is 0 Å². The van der Waals surface area contributed by atoms with Gasteiger partial charge in [-0.3, -0.25) is 0 Å². The molecule has 1 atom stereocenters. The Hall–Kier alpha value is -0.220. The summed E-state index contributed by atoms with van der Waals surface area (Å²) in [4.78, 5) is 0. The van der Waals surface area contributed by atoms with Crippen LogP contribution in [0.1, 0.15) is 6.92 Å². The zero-order valence-corrected chi connectivity index (χ0v) is 3.66. The molecule has 0 fully saturated rings. The minimum Gasteiger partial charge on any atom is -0.197 e. The van der Waals surface area contributed by atoms with Crippen molar-refractivity contribution in [1.29, 1.82) is 5.26 Å². The molecule has 0 aromatic carbocycles. The van der Waals surface area contributed by atoms with Crippen LogP contribution in [0.25, 0.3) is 0 Å². The molecule has 1 nitrogen and oxygen atoms in total. The highest BCUT2D eigenvalue weighted by atomic mass is 35.5. The van der Waals surface area contributed by atoms with Crippen molar-refractivity contribution < 1.29 is 0 Å². The molecule has 5 heavy (non-hydrogen) atoms. The standard InChI is InChI=1S/C3H4ClN/c1-3(4)2-5/h3H,1H3/t3-/m1/s1. The van der Waals surface area contributed by atoms with Gasteiger partial charge in [0.2, 0.25) is 0 Å².